The van der Waals surface area contributed by atoms with Crippen molar-refractivity contribution in [2.24, 2.45) is 0 Å². The van der Waals surface area contributed by atoms with Crippen LogP contribution < -0.4 is 5.32 Å². The molecule has 0 bridgehead atoms. The lowest BCUT2D eigenvalue weighted by Crippen LogP contribution is -2.10. The number of nitrogens with zero attached hydrogens (tertiary/aromatic N) is 2. The van der Waals surface area contributed by atoms with Gasteiger partial charge in [0, 0.05) is 4.88 Å². The summed E-state index contributed by atoms with van der Waals surface area (Å²) >= 11 is 1.45. The second-order valence-corrected chi connectivity index (χ2v) is 4.56. The molecule has 0 spiro atoms. The Morgan fingerprint density at radius 2 is 2.11 bits per heavy atom. The van der Waals surface area contributed by atoms with Crippen LogP contribution in [0.1, 0.15) is 16.3 Å². The van der Waals surface area contributed by atoms with Crippen LogP contribution in [-0.2, 0) is 12.7 Å². The van der Waals surface area contributed by atoms with E-state index in [1.807, 2.05) is 6.92 Å². The number of anilines is 1. The summed E-state index contributed by atoms with van der Waals surface area (Å²) in [5, 5.41) is 2.86. The van der Waals surface area contributed by atoms with E-state index in [-0.39, 0.29) is 5.82 Å². The molecular formula is C11H10F3N3S. The number of hydrogen-bond donors (Lipinski definition) is 1. The summed E-state index contributed by atoms with van der Waals surface area (Å²) in [7, 11) is 0. The predicted octanol–water partition coefficient (Wildman–Crippen LogP) is 3.48. The molecule has 0 aliphatic carbocycles. The van der Waals surface area contributed by atoms with Crippen LogP contribution in [0.15, 0.2) is 23.7 Å². The summed E-state index contributed by atoms with van der Waals surface area (Å²) in [5.74, 6) is 0.206. The minimum absolute atomic E-state index is 0.206. The topological polar surface area (TPSA) is 37.8 Å². The van der Waals surface area contributed by atoms with Gasteiger partial charge in [-0.25, -0.2) is 9.97 Å². The zero-order chi connectivity index (χ0) is 13.2. The Kier molecular flexibility index (Phi) is 3.51. The molecule has 2 heterocycles. The molecule has 18 heavy (non-hydrogen) atoms. The Labute approximate surface area is 106 Å². The lowest BCUT2D eigenvalue weighted by Gasteiger charge is -2.09. The molecule has 0 aromatic carbocycles. The summed E-state index contributed by atoms with van der Waals surface area (Å²) in [5.41, 5.74) is 1.68. The minimum atomic E-state index is -4.42. The van der Waals surface area contributed by atoms with Gasteiger partial charge in [-0.3, -0.25) is 0 Å². The van der Waals surface area contributed by atoms with E-state index in [0.29, 0.717) is 6.54 Å². The Balaban J connectivity index is 2.09. The van der Waals surface area contributed by atoms with Gasteiger partial charge >= 0.3 is 6.18 Å². The van der Waals surface area contributed by atoms with Crippen molar-refractivity contribution in [3.8, 4) is 0 Å². The number of halogens is 3. The molecule has 2 rings (SSSR count). The van der Waals surface area contributed by atoms with Gasteiger partial charge in [0.2, 0.25) is 0 Å². The van der Waals surface area contributed by atoms with Crippen molar-refractivity contribution >= 4 is 17.2 Å². The van der Waals surface area contributed by atoms with E-state index in [1.54, 1.807) is 5.51 Å². The molecule has 0 fully saturated rings. The normalized spacial score (nSPS) is 11.6. The van der Waals surface area contributed by atoms with Gasteiger partial charge in [-0.15, -0.1) is 11.3 Å². The highest BCUT2D eigenvalue weighted by atomic mass is 32.1. The fraction of sp³-hybridized carbons (Fsp3) is 0.273. The summed E-state index contributed by atoms with van der Waals surface area (Å²) in [6.45, 7) is 2.28. The third-order valence-electron chi connectivity index (χ3n) is 2.31. The Bertz CT molecular complexity index is 536. The second kappa shape index (κ2) is 4.93. The van der Waals surface area contributed by atoms with E-state index in [0.717, 1.165) is 16.6 Å². The molecular weight excluding hydrogens is 263 g/mol. The fourth-order valence-electron chi connectivity index (χ4n) is 1.36. The quantitative estimate of drug-likeness (QED) is 0.930. The Morgan fingerprint density at radius 1 is 1.33 bits per heavy atom. The van der Waals surface area contributed by atoms with Gasteiger partial charge in [0.15, 0.2) is 0 Å². The van der Waals surface area contributed by atoms with Crippen molar-refractivity contribution < 1.29 is 13.2 Å². The Morgan fingerprint density at radius 3 is 2.72 bits per heavy atom. The summed E-state index contributed by atoms with van der Waals surface area (Å²) in [6, 6.07) is 3.78. The van der Waals surface area contributed by atoms with E-state index >= 15 is 0 Å². The van der Waals surface area contributed by atoms with Gasteiger partial charge < -0.3 is 5.32 Å². The van der Waals surface area contributed by atoms with Gasteiger partial charge in [0.05, 0.1) is 17.7 Å². The number of alkyl halides is 3. The number of hydrogen-bond acceptors (Lipinski definition) is 4. The maximum Gasteiger partial charge on any atom is 0.433 e. The van der Waals surface area contributed by atoms with Crippen molar-refractivity contribution in [1.82, 2.24) is 9.97 Å². The highest BCUT2D eigenvalue weighted by Crippen LogP contribution is 2.28. The molecule has 0 unspecified atom stereocenters. The van der Waals surface area contributed by atoms with Gasteiger partial charge in [0.25, 0.3) is 0 Å². The van der Waals surface area contributed by atoms with Crippen LogP contribution in [0.2, 0.25) is 0 Å². The lowest BCUT2D eigenvalue weighted by atomic mass is 10.3. The Hall–Kier alpha value is -1.63. The lowest BCUT2D eigenvalue weighted by molar-refractivity contribution is -0.141. The molecule has 2 aromatic heterocycles. The molecule has 1 N–H and O–H groups in total. The molecule has 7 heteroatoms. The van der Waals surface area contributed by atoms with Crippen molar-refractivity contribution in [3.05, 3.63) is 40.0 Å². The van der Waals surface area contributed by atoms with Crippen molar-refractivity contribution in [3.63, 3.8) is 0 Å². The predicted molar refractivity (Wildman–Crippen MR) is 63.4 cm³/mol. The first-order chi connectivity index (χ1) is 8.47. The number of nitrogens with one attached hydrogen (secondary N) is 1. The van der Waals surface area contributed by atoms with E-state index in [9.17, 15) is 13.2 Å². The van der Waals surface area contributed by atoms with Crippen LogP contribution in [0.4, 0.5) is 19.0 Å². The SMILES string of the molecule is Cc1ncsc1CNc1cccc(C(F)(F)F)n1. The molecule has 0 atom stereocenters. The average Bonchev–Trinajstić information content (AvgIpc) is 2.72. The third kappa shape index (κ3) is 2.98. The number of aromatic nitrogens is 2. The van der Waals surface area contributed by atoms with E-state index in [2.05, 4.69) is 15.3 Å². The van der Waals surface area contributed by atoms with E-state index in [4.69, 9.17) is 0 Å². The van der Waals surface area contributed by atoms with Crippen LogP contribution >= 0.6 is 11.3 Å². The van der Waals surface area contributed by atoms with Crippen LogP contribution in [0.3, 0.4) is 0 Å². The molecule has 0 saturated carbocycles. The van der Waals surface area contributed by atoms with E-state index < -0.39 is 11.9 Å². The van der Waals surface area contributed by atoms with Gasteiger partial charge in [-0.2, -0.15) is 13.2 Å². The maximum absolute atomic E-state index is 12.4. The largest absolute Gasteiger partial charge is 0.433 e. The van der Waals surface area contributed by atoms with Crippen LogP contribution in [0, 0.1) is 6.92 Å². The average molecular weight is 273 g/mol. The molecule has 0 amide bonds. The molecule has 2 aromatic rings. The van der Waals surface area contributed by atoms with Crippen LogP contribution in [0.25, 0.3) is 0 Å². The first-order valence-corrected chi connectivity index (χ1v) is 6.02. The zero-order valence-corrected chi connectivity index (χ0v) is 10.3. The molecule has 3 nitrogen and oxygen atoms in total. The van der Waals surface area contributed by atoms with Gasteiger partial charge in [-0.05, 0) is 19.1 Å². The van der Waals surface area contributed by atoms with Crippen molar-refractivity contribution in [2.75, 3.05) is 5.32 Å². The van der Waals surface area contributed by atoms with Gasteiger partial charge in [-0.1, -0.05) is 6.07 Å². The number of aryl methyl sites for hydroxylation is 1. The second-order valence-electron chi connectivity index (χ2n) is 3.62. The standard InChI is InChI=1S/C11H10F3N3S/c1-7-8(18-6-16-7)5-15-10-4-2-3-9(17-10)11(12,13)14/h2-4,6H,5H2,1H3,(H,15,17). The first kappa shape index (κ1) is 12.8. The fourth-order valence-corrected chi connectivity index (χ4v) is 2.07. The van der Waals surface area contributed by atoms with Crippen LogP contribution in [-0.4, -0.2) is 9.97 Å². The number of rotatable bonds is 3. The third-order valence-corrected chi connectivity index (χ3v) is 3.25. The smallest absolute Gasteiger partial charge is 0.365 e. The number of thiazole rings is 1. The molecule has 0 radical (unpaired) electrons. The number of pyridine rings is 1. The maximum atomic E-state index is 12.4. The first-order valence-electron chi connectivity index (χ1n) is 5.14. The highest BCUT2D eigenvalue weighted by molar-refractivity contribution is 7.09. The summed E-state index contributed by atoms with van der Waals surface area (Å²) in [4.78, 5) is 8.57. The molecule has 0 aliphatic rings. The van der Waals surface area contributed by atoms with Crippen molar-refractivity contribution in [2.45, 2.75) is 19.6 Å². The molecule has 96 valence electrons. The molecule has 0 aliphatic heterocycles. The molecule has 0 saturated heterocycles. The van der Waals surface area contributed by atoms with Crippen molar-refractivity contribution in [1.29, 1.82) is 0 Å². The monoisotopic (exact) mass is 273 g/mol. The highest BCUT2D eigenvalue weighted by Gasteiger charge is 2.32. The van der Waals surface area contributed by atoms with E-state index in [1.165, 1.54) is 23.5 Å². The zero-order valence-electron chi connectivity index (χ0n) is 9.45. The van der Waals surface area contributed by atoms with Crippen LogP contribution in [0.5, 0.6) is 0 Å². The summed E-state index contributed by atoms with van der Waals surface area (Å²) in [6.07, 6.45) is -4.42. The minimum Gasteiger partial charge on any atom is -0.365 e. The summed E-state index contributed by atoms with van der Waals surface area (Å²) < 4.78 is 37.3. The van der Waals surface area contributed by atoms with Gasteiger partial charge in [0.1, 0.15) is 11.5 Å².